The Morgan fingerprint density at radius 1 is 1.23 bits per heavy atom. The van der Waals surface area contributed by atoms with Gasteiger partial charge in [-0.15, -0.1) is 0 Å². The molecule has 3 aromatic heterocycles. The molecule has 1 aliphatic rings. The molecule has 1 atom stereocenters. The highest BCUT2D eigenvalue weighted by atomic mass is 16.6. The van der Waals surface area contributed by atoms with Gasteiger partial charge in [-0.05, 0) is 42.3 Å². The molecule has 1 fully saturated rings. The van der Waals surface area contributed by atoms with Crippen LogP contribution in [0.25, 0.3) is 33.5 Å². The molecule has 4 heterocycles. The van der Waals surface area contributed by atoms with E-state index in [4.69, 9.17) is 9.47 Å². The van der Waals surface area contributed by atoms with Crippen molar-refractivity contribution in [3.8, 4) is 22.6 Å². The summed E-state index contributed by atoms with van der Waals surface area (Å²) in [4.78, 5) is 24.6. The standard InChI is InChI=1S/C25H29N7O3/c1-3-26-9-17-10-27-12-20(15(17)2)16-4-5-21-19(8-16)23(32-31-21)24-28-13-22(30-24)25(33)29-11-18-14-34-6-7-35-18/h4-5,8,10,12-13,18,26H,3,6-7,9,11,14H2,1-2H3,(H,28,30)(H,29,33)(H,31,32). The molecule has 0 aliphatic carbocycles. The second-order valence-electron chi connectivity index (χ2n) is 8.51. The third kappa shape index (κ3) is 4.95. The van der Waals surface area contributed by atoms with Crippen molar-refractivity contribution in [1.29, 1.82) is 0 Å². The third-order valence-electron chi connectivity index (χ3n) is 6.18. The Morgan fingerprint density at radius 3 is 2.97 bits per heavy atom. The lowest BCUT2D eigenvalue weighted by Gasteiger charge is -2.22. The van der Waals surface area contributed by atoms with E-state index < -0.39 is 0 Å². The van der Waals surface area contributed by atoms with Crippen molar-refractivity contribution >= 4 is 16.8 Å². The molecule has 10 heteroatoms. The minimum atomic E-state index is -0.252. The number of amides is 1. The van der Waals surface area contributed by atoms with Gasteiger partial charge in [0.1, 0.15) is 11.4 Å². The van der Waals surface area contributed by atoms with E-state index >= 15 is 0 Å². The van der Waals surface area contributed by atoms with E-state index in [9.17, 15) is 4.79 Å². The molecule has 182 valence electrons. The van der Waals surface area contributed by atoms with Gasteiger partial charge < -0.3 is 25.1 Å². The molecule has 1 unspecified atom stereocenters. The highest BCUT2D eigenvalue weighted by molar-refractivity contribution is 5.96. The van der Waals surface area contributed by atoms with E-state index in [0.717, 1.165) is 35.1 Å². The summed E-state index contributed by atoms with van der Waals surface area (Å²) < 4.78 is 10.9. The van der Waals surface area contributed by atoms with Crippen molar-refractivity contribution in [1.82, 2.24) is 35.8 Å². The molecular formula is C25H29N7O3. The molecule has 10 nitrogen and oxygen atoms in total. The number of hydrogen-bond donors (Lipinski definition) is 4. The fraction of sp³-hybridized carbons (Fsp3) is 0.360. The molecule has 1 amide bonds. The second-order valence-corrected chi connectivity index (χ2v) is 8.51. The van der Waals surface area contributed by atoms with Crippen molar-refractivity contribution in [2.45, 2.75) is 26.5 Å². The van der Waals surface area contributed by atoms with Crippen LogP contribution in [0.4, 0.5) is 0 Å². The van der Waals surface area contributed by atoms with Crippen LogP contribution in [0.1, 0.15) is 28.5 Å². The maximum Gasteiger partial charge on any atom is 0.269 e. The van der Waals surface area contributed by atoms with Crippen molar-refractivity contribution in [2.24, 2.45) is 0 Å². The van der Waals surface area contributed by atoms with Gasteiger partial charge in [-0.25, -0.2) is 4.98 Å². The number of hydrogen-bond acceptors (Lipinski definition) is 7. The molecule has 0 saturated carbocycles. The minimum absolute atomic E-state index is 0.141. The number of aromatic nitrogens is 5. The van der Waals surface area contributed by atoms with Crippen LogP contribution in [0.5, 0.6) is 0 Å². The summed E-state index contributed by atoms with van der Waals surface area (Å²) in [5.74, 6) is 0.268. The van der Waals surface area contributed by atoms with Gasteiger partial charge in [0.05, 0.1) is 37.6 Å². The van der Waals surface area contributed by atoms with Gasteiger partial charge in [0.2, 0.25) is 0 Å². The highest BCUT2D eigenvalue weighted by Gasteiger charge is 2.19. The van der Waals surface area contributed by atoms with Gasteiger partial charge in [-0.3, -0.25) is 14.9 Å². The summed E-state index contributed by atoms with van der Waals surface area (Å²) in [5, 5.41) is 14.7. The molecule has 1 aliphatic heterocycles. The highest BCUT2D eigenvalue weighted by Crippen LogP contribution is 2.31. The largest absolute Gasteiger partial charge is 0.376 e. The zero-order valence-electron chi connectivity index (χ0n) is 19.9. The van der Waals surface area contributed by atoms with Crippen LogP contribution in [0.15, 0.2) is 36.8 Å². The van der Waals surface area contributed by atoms with Gasteiger partial charge in [0.15, 0.2) is 5.82 Å². The summed E-state index contributed by atoms with van der Waals surface area (Å²) in [5.41, 5.74) is 6.37. The average molecular weight is 476 g/mol. The smallest absolute Gasteiger partial charge is 0.269 e. The Hall–Kier alpha value is -3.60. The van der Waals surface area contributed by atoms with E-state index in [1.165, 1.54) is 17.3 Å². The lowest BCUT2D eigenvalue weighted by Crippen LogP contribution is -2.39. The van der Waals surface area contributed by atoms with E-state index in [0.29, 0.717) is 43.6 Å². The number of rotatable bonds is 8. The topological polar surface area (TPSA) is 130 Å². The first kappa shape index (κ1) is 23.2. The predicted octanol–water partition coefficient (Wildman–Crippen LogP) is 2.58. The van der Waals surface area contributed by atoms with E-state index in [-0.39, 0.29) is 12.0 Å². The number of nitrogens with zero attached hydrogens (tertiary/aromatic N) is 3. The SMILES string of the molecule is CCNCc1cncc(-c2ccc3[nH]nc(-c4ncc(C(=O)NCC5COCCO5)[nH]4)c3c2)c1C. The maximum absolute atomic E-state index is 12.6. The fourth-order valence-corrected chi connectivity index (χ4v) is 4.17. The molecule has 4 aromatic rings. The predicted molar refractivity (Wildman–Crippen MR) is 132 cm³/mol. The number of carbonyl (C=O) groups excluding carboxylic acids is 1. The molecule has 0 spiro atoms. The Morgan fingerprint density at radius 2 is 2.14 bits per heavy atom. The molecule has 4 N–H and O–H groups in total. The first-order valence-electron chi connectivity index (χ1n) is 11.8. The van der Waals surface area contributed by atoms with E-state index in [1.54, 1.807) is 0 Å². The number of nitrogens with one attached hydrogen (secondary N) is 4. The van der Waals surface area contributed by atoms with Crippen molar-refractivity contribution in [3.63, 3.8) is 0 Å². The summed E-state index contributed by atoms with van der Waals surface area (Å²) in [7, 11) is 0. The fourth-order valence-electron chi connectivity index (χ4n) is 4.17. The summed E-state index contributed by atoms with van der Waals surface area (Å²) >= 11 is 0. The van der Waals surface area contributed by atoms with Crippen molar-refractivity contribution in [2.75, 3.05) is 32.9 Å². The second kappa shape index (κ2) is 10.3. The number of benzene rings is 1. The van der Waals surface area contributed by atoms with E-state index in [1.807, 2.05) is 18.5 Å². The summed E-state index contributed by atoms with van der Waals surface area (Å²) in [6, 6.07) is 6.14. The first-order chi connectivity index (χ1) is 17.1. The minimum Gasteiger partial charge on any atom is -0.376 e. The molecule has 1 saturated heterocycles. The van der Waals surface area contributed by atoms with Crippen molar-refractivity contribution < 1.29 is 14.3 Å². The van der Waals surface area contributed by atoms with Crippen LogP contribution in [0, 0.1) is 6.92 Å². The quantitative estimate of drug-likeness (QED) is 0.308. The zero-order chi connectivity index (χ0) is 24.2. The van der Waals surface area contributed by atoms with Crippen molar-refractivity contribution in [3.05, 3.63) is 53.6 Å². The molecule has 1 aromatic carbocycles. The maximum atomic E-state index is 12.6. The Kier molecular flexibility index (Phi) is 6.84. The Balaban J connectivity index is 1.38. The van der Waals surface area contributed by atoms with Crippen LogP contribution in [-0.2, 0) is 16.0 Å². The molecule has 0 bridgehead atoms. The van der Waals surface area contributed by atoms with Crippen LogP contribution in [0.3, 0.4) is 0 Å². The number of pyridine rings is 1. The lowest BCUT2D eigenvalue weighted by atomic mass is 9.98. The lowest BCUT2D eigenvalue weighted by molar-refractivity contribution is -0.0855. The number of carbonyl (C=O) groups is 1. The summed E-state index contributed by atoms with van der Waals surface area (Å²) in [6.07, 6.45) is 5.18. The number of imidazole rings is 1. The number of H-pyrrole nitrogens is 2. The van der Waals surface area contributed by atoms with E-state index in [2.05, 4.69) is 61.8 Å². The van der Waals surface area contributed by atoms with Gasteiger partial charge >= 0.3 is 0 Å². The normalized spacial score (nSPS) is 16.0. The molecule has 5 rings (SSSR count). The van der Waals surface area contributed by atoms with Crippen LogP contribution in [-0.4, -0.2) is 70.1 Å². The first-order valence-corrected chi connectivity index (χ1v) is 11.8. The number of aromatic amines is 2. The Bertz CT molecular complexity index is 1320. The molecular weight excluding hydrogens is 446 g/mol. The van der Waals surface area contributed by atoms with Gasteiger partial charge in [0, 0.05) is 36.4 Å². The Labute approximate surface area is 202 Å². The summed E-state index contributed by atoms with van der Waals surface area (Å²) in [6.45, 7) is 7.87. The number of fused-ring (bicyclic) bond motifs is 1. The number of ether oxygens (including phenoxy) is 2. The molecule has 0 radical (unpaired) electrons. The van der Waals surface area contributed by atoms with Gasteiger partial charge in [-0.2, -0.15) is 5.10 Å². The molecule has 35 heavy (non-hydrogen) atoms. The van der Waals surface area contributed by atoms with Gasteiger partial charge in [-0.1, -0.05) is 13.0 Å². The van der Waals surface area contributed by atoms with Crippen LogP contribution < -0.4 is 10.6 Å². The third-order valence-corrected chi connectivity index (χ3v) is 6.18. The van der Waals surface area contributed by atoms with Crippen LogP contribution >= 0.6 is 0 Å². The van der Waals surface area contributed by atoms with Crippen LogP contribution in [0.2, 0.25) is 0 Å². The zero-order valence-corrected chi connectivity index (χ0v) is 19.9. The average Bonchev–Trinajstić information content (AvgIpc) is 3.54. The monoisotopic (exact) mass is 475 g/mol. The van der Waals surface area contributed by atoms with Gasteiger partial charge in [0.25, 0.3) is 5.91 Å².